The van der Waals surface area contributed by atoms with Crippen molar-refractivity contribution in [1.29, 1.82) is 0 Å². The number of fused-ring (bicyclic) bond motifs is 3. The van der Waals surface area contributed by atoms with Crippen molar-refractivity contribution in [1.82, 2.24) is 4.90 Å². The molecule has 0 aliphatic carbocycles. The van der Waals surface area contributed by atoms with Gasteiger partial charge in [-0.2, -0.15) is 13.2 Å². The molecule has 104 valence electrons. The summed E-state index contributed by atoms with van der Waals surface area (Å²) in [7, 11) is 0. The van der Waals surface area contributed by atoms with Crippen LogP contribution in [0.15, 0.2) is 0 Å². The molecule has 0 aromatic rings. The van der Waals surface area contributed by atoms with Crippen LogP contribution in [0, 0.1) is 11.8 Å². The predicted molar refractivity (Wildman–Crippen MR) is 65.8 cm³/mol. The number of rotatable bonds is 2. The van der Waals surface area contributed by atoms with Gasteiger partial charge in [-0.3, -0.25) is 0 Å². The maximum atomic E-state index is 12.3. The van der Waals surface area contributed by atoms with Crippen molar-refractivity contribution in [2.75, 3.05) is 19.6 Å². The average Bonchev–Trinajstić information content (AvgIpc) is 2.18. The van der Waals surface area contributed by atoms with Gasteiger partial charge in [-0.25, -0.2) is 0 Å². The van der Waals surface area contributed by atoms with E-state index in [0.717, 1.165) is 32.5 Å². The van der Waals surface area contributed by atoms with Crippen molar-refractivity contribution in [3.8, 4) is 0 Å². The van der Waals surface area contributed by atoms with Crippen molar-refractivity contribution in [2.45, 2.75) is 31.5 Å². The fourth-order valence-electron chi connectivity index (χ4n) is 2.81. The molecule has 3 aliphatic rings. The van der Waals surface area contributed by atoms with E-state index in [2.05, 4.69) is 4.90 Å². The van der Waals surface area contributed by atoms with Gasteiger partial charge in [-0.05, 0) is 44.2 Å². The molecule has 2 bridgehead atoms. The molecule has 3 rings (SSSR count). The fraction of sp³-hybridized carbons (Fsp3) is 1.00. The lowest BCUT2D eigenvalue weighted by Gasteiger charge is -2.45. The fourth-order valence-corrected chi connectivity index (χ4v) is 2.81. The van der Waals surface area contributed by atoms with E-state index in [4.69, 9.17) is 5.73 Å². The summed E-state index contributed by atoms with van der Waals surface area (Å²) < 4.78 is 36.9. The minimum Gasteiger partial charge on any atom is -0.320 e. The number of nitrogens with two attached hydrogens (primary N) is 1. The van der Waals surface area contributed by atoms with Crippen LogP contribution in [0.25, 0.3) is 0 Å². The van der Waals surface area contributed by atoms with Gasteiger partial charge in [-0.15, -0.1) is 24.8 Å². The van der Waals surface area contributed by atoms with Crippen LogP contribution in [-0.2, 0) is 0 Å². The van der Waals surface area contributed by atoms with Crippen molar-refractivity contribution in [3.63, 3.8) is 0 Å². The number of hydrogen-bond acceptors (Lipinski definition) is 2. The molecular weight excluding hydrogens is 276 g/mol. The molecule has 3 fully saturated rings. The molecule has 0 saturated carbocycles. The van der Waals surface area contributed by atoms with Crippen molar-refractivity contribution in [3.05, 3.63) is 0 Å². The zero-order valence-electron chi connectivity index (χ0n) is 9.45. The maximum absolute atomic E-state index is 12.3. The Bertz CT molecular complexity index is 230. The topological polar surface area (TPSA) is 29.3 Å². The highest BCUT2D eigenvalue weighted by molar-refractivity contribution is 5.85. The quantitative estimate of drug-likeness (QED) is 0.848. The van der Waals surface area contributed by atoms with Crippen LogP contribution in [0.2, 0.25) is 0 Å². The third kappa shape index (κ3) is 4.16. The smallest absolute Gasteiger partial charge is 0.320 e. The Kier molecular flexibility index (Phi) is 6.56. The highest BCUT2D eigenvalue weighted by atomic mass is 35.5. The summed E-state index contributed by atoms with van der Waals surface area (Å²) >= 11 is 0. The van der Waals surface area contributed by atoms with Gasteiger partial charge < -0.3 is 10.6 Å². The lowest BCUT2D eigenvalue weighted by Crippen LogP contribution is -2.50. The summed E-state index contributed by atoms with van der Waals surface area (Å²) in [5.41, 5.74) is 5.17. The molecule has 3 aliphatic heterocycles. The Morgan fingerprint density at radius 3 is 2.06 bits per heavy atom. The lowest BCUT2D eigenvalue weighted by atomic mass is 9.76. The van der Waals surface area contributed by atoms with Crippen LogP contribution < -0.4 is 5.73 Å². The largest absolute Gasteiger partial charge is 0.403 e. The SMILES string of the molecule is Cl.Cl.NC(CC1CN2CCC1CC2)C(F)(F)F. The van der Waals surface area contributed by atoms with Gasteiger partial charge in [0.2, 0.25) is 0 Å². The third-order valence-corrected chi connectivity index (χ3v) is 3.77. The van der Waals surface area contributed by atoms with E-state index in [1.165, 1.54) is 0 Å². The van der Waals surface area contributed by atoms with Crippen LogP contribution in [0.4, 0.5) is 13.2 Å². The Morgan fingerprint density at radius 2 is 1.71 bits per heavy atom. The first kappa shape index (κ1) is 17.3. The zero-order chi connectivity index (χ0) is 11.1. The highest BCUT2D eigenvalue weighted by Gasteiger charge is 2.42. The van der Waals surface area contributed by atoms with E-state index in [-0.39, 0.29) is 37.2 Å². The van der Waals surface area contributed by atoms with E-state index in [0.29, 0.717) is 5.92 Å². The van der Waals surface area contributed by atoms with Gasteiger partial charge in [0, 0.05) is 6.54 Å². The molecule has 2 nitrogen and oxygen atoms in total. The van der Waals surface area contributed by atoms with Crippen LogP contribution in [0.5, 0.6) is 0 Å². The number of nitrogens with zero attached hydrogens (tertiary/aromatic N) is 1. The maximum Gasteiger partial charge on any atom is 0.403 e. The second kappa shape index (κ2) is 6.45. The Labute approximate surface area is 112 Å². The molecule has 0 aromatic heterocycles. The minimum atomic E-state index is -4.23. The molecule has 7 heteroatoms. The van der Waals surface area contributed by atoms with Gasteiger partial charge in [0.25, 0.3) is 0 Å². The molecule has 0 radical (unpaired) electrons. The number of hydrogen-bond donors (Lipinski definition) is 1. The summed E-state index contributed by atoms with van der Waals surface area (Å²) in [5.74, 6) is 0.632. The van der Waals surface area contributed by atoms with Gasteiger partial charge in [0.1, 0.15) is 6.04 Å². The van der Waals surface area contributed by atoms with E-state index in [9.17, 15) is 13.2 Å². The normalized spacial score (nSPS) is 33.5. The number of alkyl halides is 3. The molecule has 3 saturated heterocycles. The average molecular weight is 295 g/mol. The number of piperidine rings is 3. The molecule has 2 atom stereocenters. The van der Waals surface area contributed by atoms with Crippen LogP contribution in [-0.4, -0.2) is 36.8 Å². The first-order valence-corrected chi connectivity index (χ1v) is 5.51. The predicted octanol–water partition coefficient (Wildman–Crippen LogP) is 2.45. The van der Waals surface area contributed by atoms with Gasteiger partial charge >= 0.3 is 6.18 Å². The number of halogens is 5. The molecule has 2 N–H and O–H groups in total. The molecule has 17 heavy (non-hydrogen) atoms. The summed E-state index contributed by atoms with van der Waals surface area (Å²) in [4.78, 5) is 2.26. The third-order valence-electron chi connectivity index (χ3n) is 3.77. The van der Waals surface area contributed by atoms with Gasteiger partial charge in [0.05, 0.1) is 0 Å². The van der Waals surface area contributed by atoms with Gasteiger partial charge in [0.15, 0.2) is 0 Å². The van der Waals surface area contributed by atoms with Crippen molar-refractivity contribution < 1.29 is 13.2 Å². The second-order valence-electron chi connectivity index (χ2n) is 4.78. The Morgan fingerprint density at radius 1 is 1.18 bits per heavy atom. The Hall–Kier alpha value is 0.290. The molecule has 0 amide bonds. The lowest BCUT2D eigenvalue weighted by molar-refractivity contribution is -0.154. The molecular formula is C10H19Cl2F3N2. The standard InChI is InChI=1S/C10H17F3N2.2ClH/c11-10(12,13)9(14)5-8-6-15-3-1-7(8)2-4-15;;/h7-9H,1-6,14H2;2*1H. The molecule has 0 aromatic carbocycles. The summed E-state index contributed by atoms with van der Waals surface area (Å²) in [6.45, 7) is 2.93. The summed E-state index contributed by atoms with van der Waals surface area (Å²) in [6, 6.07) is -1.64. The van der Waals surface area contributed by atoms with E-state index in [1.807, 2.05) is 0 Å². The second-order valence-corrected chi connectivity index (χ2v) is 4.78. The molecule has 2 unspecified atom stereocenters. The molecule has 0 spiro atoms. The van der Waals surface area contributed by atoms with E-state index >= 15 is 0 Å². The summed E-state index contributed by atoms with van der Waals surface area (Å²) in [6.07, 6.45) is -2.03. The monoisotopic (exact) mass is 294 g/mol. The minimum absolute atomic E-state index is 0. The van der Waals surface area contributed by atoms with Crippen LogP contribution in [0.3, 0.4) is 0 Å². The van der Waals surface area contributed by atoms with Crippen molar-refractivity contribution >= 4 is 24.8 Å². The van der Waals surface area contributed by atoms with Crippen LogP contribution >= 0.6 is 24.8 Å². The first-order valence-electron chi connectivity index (χ1n) is 5.51. The zero-order valence-corrected chi connectivity index (χ0v) is 11.1. The first-order chi connectivity index (χ1) is 6.97. The summed E-state index contributed by atoms with van der Waals surface area (Å²) in [5, 5.41) is 0. The van der Waals surface area contributed by atoms with E-state index in [1.54, 1.807) is 0 Å². The van der Waals surface area contributed by atoms with Crippen molar-refractivity contribution in [2.24, 2.45) is 17.6 Å². The Balaban J connectivity index is 0.00000128. The molecule has 3 heterocycles. The van der Waals surface area contributed by atoms with Crippen LogP contribution in [0.1, 0.15) is 19.3 Å². The van der Waals surface area contributed by atoms with E-state index < -0.39 is 12.2 Å². The van der Waals surface area contributed by atoms with Gasteiger partial charge in [-0.1, -0.05) is 0 Å². The highest BCUT2D eigenvalue weighted by Crippen LogP contribution is 2.36.